The highest BCUT2D eigenvalue weighted by Crippen LogP contribution is 2.28. The summed E-state index contributed by atoms with van der Waals surface area (Å²) in [5.74, 6) is 1.07. The first kappa shape index (κ1) is 22.8. The van der Waals surface area contributed by atoms with Crippen LogP contribution in [0.4, 0.5) is 0 Å². The van der Waals surface area contributed by atoms with Gasteiger partial charge in [-0.25, -0.2) is 13.4 Å². The topological polar surface area (TPSA) is 122 Å². The first-order chi connectivity index (χ1) is 16.4. The lowest BCUT2D eigenvalue weighted by molar-refractivity contribution is 0.346. The van der Waals surface area contributed by atoms with Crippen molar-refractivity contribution in [3.63, 3.8) is 0 Å². The fourth-order valence-electron chi connectivity index (χ4n) is 3.98. The monoisotopic (exact) mass is 497 g/mol. The molecule has 1 aliphatic heterocycles. The number of nitrogens with zero attached hydrogens (tertiary/aromatic N) is 4. The molecule has 1 aliphatic rings. The Morgan fingerprint density at radius 2 is 1.88 bits per heavy atom. The number of sulfonamides is 1. The van der Waals surface area contributed by atoms with Crippen molar-refractivity contribution in [3.05, 3.63) is 64.2 Å². The quantitative estimate of drug-likeness (QED) is 0.400. The third kappa shape index (κ3) is 4.50. The first-order valence-corrected chi connectivity index (χ1v) is 13.4. The van der Waals surface area contributed by atoms with Crippen LogP contribution in [0.2, 0.25) is 0 Å². The summed E-state index contributed by atoms with van der Waals surface area (Å²) >= 11 is 1.25. The second kappa shape index (κ2) is 9.32. The molecule has 1 fully saturated rings. The molecule has 34 heavy (non-hydrogen) atoms. The van der Waals surface area contributed by atoms with Crippen molar-refractivity contribution >= 4 is 32.7 Å². The SMILES string of the molecule is Cc1cccc2c(=O)[nH]c(CSc3nnc(-c4cccc(S(=O)(=O)N5CCCCC5)c4)o3)nc12. The van der Waals surface area contributed by atoms with E-state index >= 15 is 0 Å². The first-order valence-electron chi connectivity index (χ1n) is 11.0. The molecule has 5 rings (SSSR count). The highest BCUT2D eigenvalue weighted by atomic mass is 32.2. The van der Waals surface area contributed by atoms with Crippen molar-refractivity contribution in [1.82, 2.24) is 24.5 Å². The zero-order chi connectivity index (χ0) is 23.7. The number of aromatic nitrogens is 4. The van der Waals surface area contributed by atoms with E-state index in [1.165, 1.54) is 16.1 Å². The number of fused-ring (bicyclic) bond motifs is 1. The van der Waals surface area contributed by atoms with E-state index in [2.05, 4.69) is 20.2 Å². The average Bonchev–Trinajstić information content (AvgIpc) is 3.33. The number of hydrogen-bond donors (Lipinski definition) is 1. The van der Waals surface area contributed by atoms with Crippen molar-refractivity contribution in [2.75, 3.05) is 13.1 Å². The third-order valence-electron chi connectivity index (χ3n) is 5.76. The Bertz CT molecular complexity index is 1510. The molecule has 176 valence electrons. The Kier molecular flexibility index (Phi) is 6.24. The lowest BCUT2D eigenvalue weighted by Gasteiger charge is -2.25. The number of rotatable bonds is 6. The molecule has 4 aromatic rings. The average molecular weight is 498 g/mol. The Hall–Kier alpha value is -3.02. The molecule has 0 aliphatic carbocycles. The van der Waals surface area contributed by atoms with Crippen LogP contribution in [0.15, 0.2) is 61.8 Å². The van der Waals surface area contributed by atoms with Gasteiger partial charge < -0.3 is 9.40 Å². The Labute approximate surface area is 200 Å². The van der Waals surface area contributed by atoms with Crippen LogP contribution in [0.1, 0.15) is 30.7 Å². The van der Waals surface area contributed by atoms with Gasteiger partial charge in [-0.05, 0) is 49.6 Å². The van der Waals surface area contributed by atoms with Gasteiger partial charge in [0.05, 0.1) is 21.6 Å². The standard InChI is InChI=1S/C23H23N5O4S2/c1-15-7-5-10-18-20(15)24-19(25-21(18)29)14-33-23-27-26-22(32-23)16-8-6-9-17(13-16)34(30,31)28-11-3-2-4-12-28/h5-10,13H,2-4,11-12,14H2,1H3,(H,24,25,29). The molecule has 1 N–H and O–H groups in total. The molecule has 1 saturated heterocycles. The van der Waals surface area contributed by atoms with Crippen molar-refractivity contribution in [1.29, 1.82) is 0 Å². The molecular weight excluding hydrogens is 474 g/mol. The second-order valence-corrected chi connectivity index (χ2v) is 11.0. The summed E-state index contributed by atoms with van der Waals surface area (Å²) in [7, 11) is -3.56. The lowest BCUT2D eigenvalue weighted by atomic mass is 10.1. The number of piperidine rings is 1. The molecule has 11 heteroatoms. The van der Waals surface area contributed by atoms with Crippen LogP contribution in [0.5, 0.6) is 0 Å². The predicted molar refractivity (Wildman–Crippen MR) is 129 cm³/mol. The van der Waals surface area contributed by atoms with E-state index < -0.39 is 10.0 Å². The van der Waals surface area contributed by atoms with Crippen LogP contribution < -0.4 is 5.56 Å². The van der Waals surface area contributed by atoms with Crippen LogP contribution in [-0.2, 0) is 15.8 Å². The molecule has 0 amide bonds. The summed E-state index contributed by atoms with van der Waals surface area (Å²) in [5.41, 5.74) is 1.93. The fourth-order valence-corrected chi connectivity index (χ4v) is 6.18. The van der Waals surface area contributed by atoms with Gasteiger partial charge in [0.25, 0.3) is 10.8 Å². The molecule has 2 aromatic heterocycles. The van der Waals surface area contributed by atoms with Gasteiger partial charge >= 0.3 is 0 Å². The molecule has 0 unspecified atom stereocenters. The van der Waals surface area contributed by atoms with Crippen molar-refractivity contribution in [2.24, 2.45) is 0 Å². The van der Waals surface area contributed by atoms with Crippen molar-refractivity contribution in [2.45, 2.75) is 42.1 Å². The zero-order valence-corrected chi connectivity index (χ0v) is 20.2. The number of thioether (sulfide) groups is 1. The summed E-state index contributed by atoms with van der Waals surface area (Å²) < 4.78 is 33.3. The Morgan fingerprint density at radius 3 is 2.71 bits per heavy atom. The van der Waals surface area contributed by atoms with Gasteiger partial charge in [0.15, 0.2) is 0 Å². The molecule has 0 radical (unpaired) electrons. The lowest BCUT2D eigenvalue weighted by Crippen LogP contribution is -2.35. The number of nitrogens with one attached hydrogen (secondary N) is 1. The molecule has 9 nitrogen and oxygen atoms in total. The van der Waals surface area contributed by atoms with Crippen LogP contribution in [0.3, 0.4) is 0 Å². The van der Waals surface area contributed by atoms with Gasteiger partial charge in [-0.15, -0.1) is 10.2 Å². The largest absolute Gasteiger partial charge is 0.411 e. The molecule has 2 aromatic carbocycles. The van der Waals surface area contributed by atoms with Gasteiger partial charge in [0.2, 0.25) is 15.9 Å². The van der Waals surface area contributed by atoms with Gasteiger partial charge in [-0.3, -0.25) is 4.79 Å². The van der Waals surface area contributed by atoms with Gasteiger partial charge in [0, 0.05) is 18.7 Å². The predicted octanol–water partition coefficient (Wildman–Crippen LogP) is 3.75. The van der Waals surface area contributed by atoms with Gasteiger partial charge in [0.1, 0.15) is 5.82 Å². The van der Waals surface area contributed by atoms with Crippen molar-refractivity contribution in [3.8, 4) is 11.5 Å². The molecule has 0 atom stereocenters. The normalized spacial score (nSPS) is 15.1. The van der Waals surface area contributed by atoms with E-state index in [0.29, 0.717) is 46.4 Å². The Morgan fingerprint density at radius 1 is 1.09 bits per heavy atom. The summed E-state index contributed by atoms with van der Waals surface area (Å²) in [6.45, 7) is 2.99. The number of aromatic amines is 1. The molecule has 0 spiro atoms. The van der Waals surface area contributed by atoms with E-state index in [9.17, 15) is 13.2 Å². The van der Waals surface area contributed by atoms with Gasteiger partial charge in [-0.1, -0.05) is 36.4 Å². The fraction of sp³-hybridized carbons (Fsp3) is 0.304. The number of hydrogen-bond acceptors (Lipinski definition) is 8. The zero-order valence-electron chi connectivity index (χ0n) is 18.5. The molecule has 0 bridgehead atoms. The smallest absolute Gasteiger partial charge is 0.277 e. The number of para-hydroxylation sites is 1. The van der Waals surface area contributed by atoms with Crippen LogP contribution in [0.25, 0.3) is 22.4 Å². The number of aryl methyl sites for hydroxylation is 1. The van der Waals surface area contributed by atoms with Crippen LogP contribution in [-0.4, -0.2) is 46.0 Å². The van der Waals surface area contributed by atoms with E-state index in [1.54, 1.807) is 30.3 Å². The second-order valence-electron chi connectivity index (χ2n) is 8.14. The summed E-state index contributed by atoms with van der Waals surface area (Å²) in [6, 6.07) is 12.1. The van der Waals surface area contributed by atoms with Crippen LogP contribution >= 0.6 is 11.8 Å². The highest BCUT2D eigenvalue weighted by Gasteiger charge is 2.26. The van der Waals surface area contributed by atoms with Gasteiger partial charge in [-0.2, -0.15) is 4.31 Å². The van der Waals surface area contributed by atoms with E-state index in [0.717, 1.165) is 24.8 Å². The third-order valence-corrected chi connectivity index (χ3v) is 8.48. The summed E-state index contributed by atoms with van der Waals surface area (Å²) in [6.07, 6.45) is 2.80. The maximum atomic E-state index is 13.0. The maximum absolute atomic E-state index is 13.0. The van der Waals surface area contributed by atoms with E-state index in [4.69, 9.17) is 4.42 Å². The number of H-pyrrole nitrogens is 1. The maximum Gasteiger partial charge on any atom is 0.277 e. The molecular formula is C23H23N5O4S2. The summed E-state index contributed by atoms with van der Waals surface area (Å²) in [4.78, 5) is 19.9. The molecule has 3 heterocycles. The minimum atomic E-state index is -3.56. The highest BCUT2D eigenvalue weighted by molar-refractivity contribution is 7.98. The Balaban J connectivity index is 1.34. The van der Waals surface area contributed by atoms with Crippen LogP contribution in [0, 0.1) is 6.92 Å². The van der Waals surface area contributed by atoms with E-state index in [1.807, 2.05) is 19.1 Å². The molecule has 0 saturated carbocycles. The van der Waals surface area contributed by atoms with Crippen molar-refractivity contribution < 1.29 is 12.8 Å². The van der Waals surface area contributed by atoms with E-state index in [-0.39, 0.29) is 16.3 Å². The minimum absolute atomic E-state index is 0.192. The minimum Gasteiger partial charge on any atom is -0.411 e. The summed E-state index contributed by atoms with van der Waals surface area (Å²) in [5, 5.41) is 8.98. The number of benzene rings is 2.